The third kappa shape index (κ3) is 3.97. The summed E-state index contributed by atoms with van der Waals surface area (Å²) in [6.45, 7) is 6.32. The maximum Gasteiger partial charge on any atom is 0.339 e. The third-order valence-corrected chi connectivity index (χ3v) is 3.88. The SMILES string of the molecule is CC(=O)OOCC1CCc2ccccc2C1C(C)C.Cl. The standard InChI is InChI=1S/C16H22O3.ClH/c1-11(2)16-14(10-18-19-12(3)17)9-8-13-6-4-5-7-15(13)16;/h4-7,11,14,16H,8-10H2,1-3H3;1H. The molecule has 4 heteroatoms. The fourth-order valence-corrected chi connectivity index (χ4v) is 3.16. The van der Waals surface area contributed by atoms with Gasteiger partial charge in [0.1, 0.15) is 0 Å². The summed E-state index contributed by atoms with van der Waals surface area (Å²) in [6, 6.07) is 8.64. The highest BCUT2D eigenvalue weighted by molar-refractivity contribution is 5.85. The minimum atomic E-state index is -0.391. The van der Waals surface area contributed by atoms with Crippen LogP contribution >= 0.6 is 12.4 Å². The van der Waals surface area contributed by atoms with E-state index >= 15 is 0 Å². The van der Waals surface area contributed by atoms with Gasteiger partial charge in [-0.05, 0) is 41.7 Å². The molecule has 1 aliphatic rings. The highest BCUT2D eigenvalue weighted by Gasteiger charge is 2.32. The summed E-state index contributed by atoms with van der Waals surface area (Å²) >= 11 is 0. The summed E-state index contributed by atoms with van der Waals surface area (Å²) in [4.78, 5) is 20.5. The topological polar surface area (TPSA) is 35.5 Å². The van der Waals surface area contributed by atoms with E-state index in [-0.39, 0.29) is 12.4 Å². The van der Waals surface area contributed by atoms with Gasteiger partial charge in [0.15, 0.2) is 0 Å². The molecule has 0 aromatic heterocycles. The van der Waals surface area contributed by atoms with Gasteiger partial charge in [0.25, 0.3) is 0 Å². The Hall–Kier alpha value is -1.06. The van der Waals surface area contributed by atoms with E-state index in [9.17, 15) is 4.79 Å². The summed E-state index contributed by atoms with van der Waals surface area (Å²) in [6.07, 6.45) is 2.16. The Balaban J connectivity index is 0.00000200. The van der Waals surface area contributed by atoms with Gasteiger partial charge in [0.05, 0.1) is 6.61 Å². The molecule has 112 valence electrons. The summed E-state index contributed by atoms with van der Waals surface area (Å²) in [7, 11) is 0. The molecule has 0 radical (unpaired) electrons. The van der Waals surface area contributed by atoms with Gasteiger partial charge in [-0.2, -0.15) is 4.89 Å². The summed E-state index contributed by atoms with van der Waals surface area (Å²) in [5, 5.41) is 0. The minimum absolute atomic E-state index is 0. The quantitative estimate of drug-likeness (QED) is 0.624. The van der Waals surface area contributed by atoms with Crippen LogP contribution in [0.1, 0.15) is 44.2 Å². The zero-order valence-electron chi connectivity index (χ0n) is 12.3. The van der Waals surface area contributed by atoms with Crippen molar-refractivity contribution in [3.8, 4) is 0 Å². The lowest BCUT2D eigenvalue weighted by Gasteiger charge is -2.35. The maximum atomic E-state index is 10.8. The summed E-state index contributed by atoms with van der Waals surface area (Å²) < 4.78 is 0. The first-order chi connectivity index (χ1) is 9.09. The van der Waals surface area contributed by atoms with Gasteiger partial charge in [0.2, 0.25) is 0 Å². The molecule has 0 N–H and O–H groups in total. The Morgan fingerprint density at radius 2 is 2.05 bits per heavy atom. The number of fused-ring (bicyclic) bond motifs is 1. The molecular formula is C16H23ClO3. The number of rotatable bonds is 4. The average molecular weight is 299 g/mol. The van der Waals surface area contributed by atoms with E-state index < -0.39 is 5.97 Å². The first-order valence-corrected chi connectivity index (χ1v) is 6.97. The first kappa shape index (κ1) is 17.0. The van der Waals surface area contributed by atoms with Crippen LogP contribution in [0.5, 0.6) is 0 Å². The van der Waals surface area contributed by atoms with Crippen LogP contribution in [0.3, 0.4) is 0 Å². The Morgan fingerprint density at radius 3 is 2.70 bits per heavy atom. The van der Waals surface area contributed by atoms with Crippen molar-refractivity contribution in [3.05, 3.63) is 35.4 Å². The molecule has 0 aliphatic heterocycles. The van der Waals surface area contributed by atoms with E-state index in [2.05, 4.69) is 43.0 Å². The number of halogens is 1. The predicted molar refractivity (Wildman–Crippen MR) is 80.8 cm³/mol. The highest BCUT2D eigenvalue weighted by Crippen LogP contribution is 2.41. The molecule has 1 aromatic carbocycles. The largest absolute Gasteiger partial charge is 0.339 e. The van der Waals surface area contributed by atoms with E-state index in [1.54, 1.807) is 0 Å². The van der Waals surface area contributed by atoms with E-state index in [0.717, 1.165) is 12.8 Å². The zero-order chi connectivity index (χ0) is 13.8. The fraction of sp³-hybridized carbons (Fsp3) is 0.562. The van der Waals surface area contributed by atoms with Crippen LogP contribution < -0.4 is 0 Å². The van der Waals surface area contributed by atoms with E-state index in [0.29, 0.717) is 24.4 Å². The summed E-state index contributed by atoms with van der Waals surface area (Å²) in [5.41, 5.74) is 2.88. The van der Waals surface area contributed by atoms with Gasteiger partial charge in [0, 0.05) is 6.92 Å². The van der Waals surface area contributed by atoms with E-state index in [4.69, 9.17) is 4.89 Å². The number of hydrogen-bond acceptors (Lipinski definition) is 3. The molecule has 2 rings (SSSR count). The van der Waals surface area contributed by atoms with Gasteiger partial charge < -0.3 is 0 Å². The molecule has 0 saturated carbocycles. The monoisotopic (exact) mass is 298 g/mol. The van der Waals surface area contributed by atoms with Crippen LogP contribution in [0.25, 0.3) is 0 Å². The molecule has 3 nitrogen and oxygen atoms in total. The molecular weight excluding hydrogens is 276 g/mol. The number of carbonyl (C=O) groups excluding carboxylic acids is 1. The lowest BCUT2D eigenvalue weighted by molar-refractivity contribution is -0.277. The molecule has 0 saturated heterocycles. The van der Waals surface area contributed by atoms with E-state index in [1.807, 2.05) is 0 Å². The third-order valence-electron chi connectivity index (χ3n) is 3.88. The lowest BCUT2D eigenvalue weighted by atomic mass is 9.70. The second-order valence-corrected chi connectivity index (χ2v) is 5.63. The molecule has 0 amide bonds. The Kier molecular flexibility index (Phi) is 6.50. The van der Waals surface area contributed by atoms with Crippen molar-refractivity contribution >= 4 is 18.4 Å². The van der Waals surface area contributed by atoms with Crippen molar-refractivity contribution in [2.24, 2.45) is 11.8 Å². The maximum absolute atomic E-state index is 10.8. The highest BCUT2D eigenvalue weighted by atomic mass is 35.5. The van der Waals surface area contributed by atoms with Crippen molar-refractivity contribution in [2.75, 3.05) is 6.61 Å². The van der Waals surface area contributed by atoms with Crippen molar-refractivity contribution in [1.82, 2.24) is 0 Å². The van der Waals surface area contributed by atoms with Crippen molar-refractivity contribution in [2.45, 2.75) is 39.5 Å². The van der Waals surface area contributed by atoms with Crippen molar-refractivity contribution in [1.29, 1.82) is 0 Å². The predicted octanol–water partition coefficient (Wildman–Crippen LogP) is 3.91. The Labute approximate surface area is 127 Å². The van der Waals surface area contributed by atoms with Crippen LogP contribution in [0.15, 0.2) is 24.3 Å². The van der Waals surface area contributed by atoms with Gasteiger partial charge in [-0.1, -0.05) is 38.1 Å². The minimum Gasteiger partial charge on any atom is -0.299 e. The van der Waals surface area contributed by atoms with Crippen LogP contribution in [-0.4, -0.2) is 12.6 Å². The second kappa shape index (κ2) is 7.65. The number of hydrogen-bond donors (Lipinski definition) is 0. The zero-order valence-corrected chi connectivity index (χ0v) is 13.1. The molecule has 2 atom stereocenters. The van der Waals surface area contributed by atoms with Crippen molar-refractivity contribution < 1.29 is 14.6 Å². The molecule has 0 bridgehead atoms. The van der Waals surface area contributed by atoms with Crippen LogP contribution in [0.4, 0.5) is 0 Å². The van der Waals surface area contributed by atoms with Crippen LogP contribution in [0, 0.1) is 11.8 Å². The lowest BCUT2D eigenvalue weighted by Crippen LogP contribution is -2.28. The van der Waals surface area contributed by atoms with E-state index in [1.165, 1.54) is 18.1 Å². The van der Waals surface area contributed by atoms with Gasteiger partial charge >= 0.3 is 5.97 Å². The van der Waals surface area contributed by atoms with Crippen LogP contribution in [-0.2, 0) is 21.0 Å². The molecule has 2 unspecified atom stereocenters. The Bertz CT molecular complexity index is 445. The molecule has 0 fully saturated rings. The molecule has 20 heavy (non-hydrogen) atoms. The smallest absolute Gasteiger partial charge is 0.299 e. The molecule has 1 aliphatic carbocycles. The second-order valence-electron chi connectivity index (χ2n) is 5.63. The van der Waals surface area contributed by atoms with Gasteiger partial charge in [-0.15, -0.1) is 12.4 Å². The average Bonchev–Trinajstić information content (AvgIpc) is 2.37. The number of carbonyl (C=O) groups is 1. The normalized spacial score (nSPS) is 21.0. The summed E-state index contributed by atoms with van der Waals surface area (Å²) in [5.74, 6) is 1.04. The fourth-order valence-electron chi connectivity index (χ4n) is 3.16. The number of benzene rings is 1. The van der Waals surface area contributed by atoms with Gasteiger partial charge in [-0.3, -0.25) is 4.89 Å². The Morgan fingerprint density at radius 1 is 1.35 bits per heavy atom. The first-order valence-electron chi connectivity index (χ1n) is 6.97. The number of aryl methyl sites for hydroxylation is 1. The molecule has 1 aromatic rings. The van der Waals surface area contributed by atoms with Gasteiger partial charge in [-0.25, -0.2) is 4.79 Å². The molecule has 0 heterocycles. The van der Waals surface area contributed by atoms with Crippen LogP contribution in [0.2, 0.25) is 0 Å². The molecule has 0 spiro atoms. The van der Waals surface area contributed by atoms with Crippen molar-refractivity contribution in [3.63, 3.8) is 0 Å².